The van der Waals surface area contributed by atoms with E-state index in [1.807, 2.05) is 7.05 Å². The lowest BCUT2D eigenvalue weighted by Crippen LogP contribution is -2.64. The van der Waals surface area contributed by atoms with Gasteiger partial charge in [0.1, 0.15) is 5.54 Å². The zero-order valence-electron chi connectivity index (χ0n) is 17.4. The Morgan fingerprint density at radius 3 is 2.78 bits per heavy atom. The molecule has 0 spiro atoms. The van der Waals surface area contributed by atoms with E-state index in [4.69, 9.17) is 0 Å². The van der Waals surface area contributed by atoms with Gasteiger partial charge in [0.15, 0.2) is 0 Å². The minimum Gasteiger partial charge on any atom is -0.321 e. The molecular weight excluding hydrogens is 437 g/mol. The van der Waals surface area contributed by atoms with Gasteiger partial charge in [0.2, 0.25) is 16.0 Å². The van der Waals surface area contributed by atoms with Crippen LogP contribution in [0.3, 0.4) is 0 Å². The first kappa shape index (κ1) is 21.8. The Kier molecular flexibility index (Phi) is 5.90. The van der Waals surface area contributed by atoms with Gasteiger partial charge < -0.3 is 5.32 Å². The lowest BCUT2D eigenvalue weighted by molar-refractivity contribution is 0.0717. The summed E-state index contributed by atoms with van der Waals surface area (Å²) in [5.41, 5.74) is 1.31. The molecule has 4 rings (SSSR count). The molecular formula is C19H22FN9O2S. The van der Waals surface area contributed by atoms with Gasteiger partial charge in [-0.3, -0.25) is 13.8 Å². The summed E-state index contributed by atoms with van der Waals surface area (Å²) >= 11 is 0. The molecule has 0 aromatic carbocycles. The number of sulfonamides is 1. The van der Waals surface area contributed by atoms with Gasteiger partial charge in [-0.15, -0.1) is 0 Å². The second-order valence-corrected chi connectivity index (χ2v) is 9.74. The maximum absolute atomic E-state index is 12.4. The van der Waals surface area contributed by atoms with E-state index in [0.717, 1.165) is 5.69 Å². The monoisotopic (exact) mass is 459 g/mol. The second-order valence-electron chi connectivity index (χ2n) is 7.65. The molecule has 4 heterocycles. The Morgan fingerprint density at radius 1 is 1.28 bits per heavy atom. The van der Waals surface area contributed by atoms with Crippen LogP contribution in [-0.4, -0.2) is 67.8 Å². The van der Waals surface area contributed by atoms with Crippen LogP contribution in [-0.2, 0) is 22.6 Å². The number of alkyl halides is 1. The predicted molar refractivity (Wildman–Crippen MR) is 114 cm³/mol. The fraction of sp³-hybridized carbons (Fsp3) is 0.421. The van der Waals surface area contributed by atoms with E-state index in [-0.39, 0.29) is 31.7 Å². The molecule has 0 bridgehead atoms. The first-order valence-corrected chi connectivity index (χ1v) is 11.5. The van der Waals surface area contributed by atoms with Crippen LogP contribution >= 0.6 is 0 Å². The van der Waals surface area contributed by atoms with Gasteiger partial charge >= 0.3 is 0 Å². The summed E-state index contributed by atoms with van der Waals surface area (Å²) in [7, 11) is -1.75. The number of nitrogens with one attached hydrogen (secondary N) is 1. The van der Waals surface area contributed by atoms with Crippen molar-refractivity contribution in [2.24, 2.45) is 7.05 Å². The number of halogens is 1. The molecule has 13 heteroatoms. The van der Waals surface area contributed by atoms with E-state index in [1.165, 1.54) is 4.31 Å². The molecule has 1 aliphatic rings. The first-order valence-electron chi connectivity index (χ1n) is 9.90. The van der Waals surface area contributed by atoms with E-state index < -0.39 is 22.2 Å². The van der Waals surface area contributed by atoms with Crippen molar-refractivity contribution in [1.29, 1.82) is 5.26 Å². The number of nitrogens with zero attached hydrogens (tertiary/aromatic N) is 8. The zero-order chi connectivity index (χ0) is 22.8. The SMILES string of the molecule is Cn1cc(Nc2nccc(-c3cnn(C4(CC#N)CN(S(=O)(=O)CCCF)C4)c3)n2)cn1. The normalized spacial score (nSPS) is 15.8. The molecule has 168 valence electrons. The first-order chi connectivity index (χ1) is 15.3. The Balaban J connectivity index is 1.52. The quantitative estimate of drug-likeness (QED) is 0.508. The van der Waals surface area contributed by atoms with Crippen LogP contribution in [0, 0.1) is 11.3 Å². The summed E-state index contributed by atoms with van der Waals surface area (Å²) in [5.74, 6) is 0.146. The van der Waals surface area contributed by atoms with Crippen molar-refractivity contribution in [3.05, 3.63) is 37.1 Å². The van der Waals surface area contributed by atoms with Gasteiger partial charge in [-0.25, -0.2) is 18.4 Å². The largest absolute Gasteiger partial charge is 0.321 e. The molecule has 0 saturated carbocycles. The average molecular weight is 460 g/mol. The van der Waals surface area contributed by atoms with E-state index in [2.05, 4.69) is 31.6 Å². The van der Waals surface area contributed by atoms with E-state index in [0.29, 0.717) is 17.2 Å². The van der Waals surface area contributed by atoms with E-state index in [9.17, 15) is 18.1 Å². The fourth-order valence-electron chi connectivity index (χ4n) is 3.57. The maximum atomic E-state index is 12.4. The highest BCUT2D eigenvalue weighted by molar-refractivity contribution is 7.89. The molecule has 0 radical (unpaired) electrons. The Bertz CT molecular complexity index is 1240. The van der Waals surface area contributed by atoms with Crippen molar-refractivity contribution in [2.75, 3.05) is 30.8 Å². The number of hydrogen-bond acceptors (Lipinski definition) is 8. The molecule has 1 fully saturated rings. The van der Waals surface area contributed by atoms with Crippen molar-refractivity contribution < 1.29 is 12.8 Å². The topological polar surface area (TPSA) is 135 Å². The summed E-state index contributed by atoms with van der Waals surface area (Å²) in [4.78, 5) is 8.71. The van der Waals surface area contributed by atoms with Gasteiger partial charge in [-0.1, -0.05) is 0 Å². The van der Waals surface area contributed by atoms with E-state index >= 15 is 0 Å². The predicted octanol–water partition coefficient (Wildman–Crippen LogP) is 1.43. The molecule has 1 N–H and O–H groups in total. The fourth-order valence-corrected chi connectivity index (χ4v) is 5.17. The van der Waals surface area contributed by atoms with Crippen LogP contribution in [0.15, 0.2) is 37.1 Å². The molecule has 3 aromatic heterocycles. The summed E-state index contributed by atoms with van der Waals surface area (Å²) in [6, 6.07) is 3.86. The lowest BCUT2D eigenvalue weighted by atomic mass is 9.89. The molecule has 11 nitrogen and oxygen atoms in total. The average Bonchev–Trinajstić information content (AvgIpc) is 3.38. The number of hydrogen-bond donors (Lipinski definition) is 1. The van der Waals surface area contributed by atoms with Crippen LogP contribution < -0.4 is 5.32 Å². The number of aryl methyl sites for hydroxylation is 1. The standard InChI is InChI=1S/C19H22FN9O2S/c1-27-12-16(10-23-27)25-18-22-7-3-17(26-18)15-9-24-29(11-15)19(4-6-21)13-28(14-19)32(30,31)8-2-5-20/h3,7,9-12H,2,4-5,8,13-14H2,1H3,(H,22,25,26). The Morgan fingerprint density at radius 2 is 2.09 bits per heavy atom. The smallest absolute Gasteiger partial charge is 0.227 e. The minimum atomic E-state index is -3.55. The number of anilines is 2. The molecule has 0 amide bonds. The third kappa shape index (κ3) is 4.32. The second kappa shape index (κ2) is 8.64. The lowest BCUT2D eigenvalue weighted by Gasteiger charge is -2.47. The third-order valence-electron chi connectivity index (χ3n) is 5.26. The van der Waals surface area contributed by atoms with Gasteiger partial charge in [0.25, 0.3) is 0 Å². The number of rotatable bonds is 9. The van der Waals surface area contributed by atoms with Crippen molar-refractivity contribution in [2.45, 2.75) is 18.4 Å². The van der Waals surface area contributed by atoms with Crippen LogP contribution in [0.4, 0.5) is 16.0 Å². The van der Waals surface area contributed by atoms with Gasteiger partial charge in [-0.05, 0) is 12.5 Å². The molecule has 0 aliphatic carbocycles. The zero-order valence-corrected chi connectivity index (χ0v) is 18.2. The Labute approximate surface area is 184 Å². The van der Waals surface area contributed by atoms with Crippen LogP contribution in [0.5, 0.6) is 0 Å². The van der Waals surface area contributed by atoms with Crippen molar-refractivity contribution >= 4 is 21.7 Å². The number of aromatic nitrogens is 6. The van der Waals surface area contributed by atoms with Crippen molar-refractivity contribution in [1.82, 2.24) is 33.8 Å². The summed E-state index contributed by atoms with van der Waals surface area (Å²) in [6.45, 7) is -0.447. The van der Waals surface area contributed by atoms with Crippen LogP contribution in [0.1, 0.15) is 12.8 Å². The van der Waals surface area contributed by atoms with Gasteiger partial charge in [-0.2, -0.15) is 19.8 Å². The molecule has 0 atom stereocenters. The summed E-state index contributed by atoms with van der Waals surface area (Å²) < 4.78 is 41.6. The summed E-state index contributed by atoms with van der Waals surface area (Å²) in [6.07, 6.45) is 8.49. The Hall–Kier alpha value is -3.37. The molecule has 0 unspecified atom stereocenters. The van der Waals surface area contributed by atoms with Crippen LogP contribution in [0.25, 0.3) is 11.3 Å². The highest BCUT2D eigenvalue weighted by atomic mass is 32.2. The highest BCUT2D eigenvalue weighted by Gasteiger charge is 2.50. The van der Waals surface area contributed by atoms with Crippen molar-refractivity contribution in [3.63, 3.8) is 0 Å². The molecule has 3 aromatic rings. The molecule has 32 heavy (non-hydrogen) atoms. The van der Waals surface area contributed by atoms with Crippen LogP contribution in [0.2, 0.25) is 0 Å². The van der Waals surface area contributed by atoms with Crippen molar-refractivity contribution in [3.8, 4) is 17.3 Å². The highest BCUT2D eigenvalue weighted by Crippen LogP contribution is 2.35. The van der Waals surface area contributed by atoms with E-state index in [1.54, 1.807) is 46.4 Å². The number of nitriles is 1. The maximum Gasteiger partial charge on any atom is 0.227 e. The third-order valence-corrected chi connectivity index (χ3v) is 7.11. The van der Waals surface area contributed by atoms with Gasteiger partial charge in [0.05, 0.1) is 48.7 Å². The summed E-state index contributed by atoms with van der Waals surface area (Å²) in [5, 5.41) is 20.9. The minimum absolute atomic E-state index is 0.0425. The van der Waals surface area contributed by atoms with Gasteiger partial charge in [0, 0.05) is 44.3 Å². The molecule has 1 saturated heterocycles. The molecule has 1 aliphatic heterocycles.